The van der Waals surface area contributed by atoms with Crippen molar-refractivity contribution in [1.82, 2.24) is 19.9 Å². The van der Waals surface area contributed by atoms with E-state index in [-0.39, 0.29) is 17.9 Å². The van der Waals surface area contributed by atoms with Crippen LogP contribution in [0.15, 0.2) is 60.9 Å². The van der Waals surface area contributed by atoms with Gasteiger partial charge in [0.1, 0.15) is 5.82 Å². The van der Waals surface area contributed by atoms with Crippen LogP contribution in [0.1, 0.15) is 6.92 Å². The number of carbonyl (C=O) groups excluding carboxylic acids is 1. The topological polar surface area (TPSA) is 66.3 Å². The van der Waals surface area contributed by atoms with Gasteiger partial charge in [-0.2, -0.15) is 0 Å². The molecule has 0 aliphatic carbocycles. The number of nitrogens with zero attached hydrogens (tertiary/aromatic N) is 5. The number of anilines is 2. The summed E-state index contributed by atoms with van der Waals surface area (Å²) < 4.78 is 15.7. The molecule has 7 nitrogen and oxygen atoms in total. The van der Waals surface area contributed by atoms with Crippen LogP contribution in [0.2, 0.25) is 0 Å². The first-order chi connectivity index (χ1) is 13.6. The highest BCUT2D eigenvalue weighted by Gasteiger charge is 2.28. The monoisotopic (exact) mass is 380 g/mol. The first-order valence-electron chi connectivity index (χ1n) is 9.15. The van der Waals surface area contributed by atoms with E-state index >= 15 is 0 Å². The second-order valence-electron chi connectivity index (χ2n) is 6.77. The predicted octanol–water partition coefficient (Wildman–Crippen LogP) is 3.15. The summed E-state index contributed by atoms with van der Waals surface area (Å²) in [4.78, 5) is 16.5. The lowest BCUT2D eigenvalue weighted by atomic mass is 10.1. The molecular weight excluding hydrogens is 359 g/mol. The minimum absolute atomic E-state index is 0.0492. The summed E-state index contributed by atoms with van der Waals surface area (Å²) in [7, 11) is 0. The van der Waals surface area contributed by atoms with Crippen LogP contribution >= 0.6 is 0 Å². The number of piperazine rings is 1. The standard InChI is InChI=1S/C20H21FN6O/c1-15-14-25(19-8-3-2-7-18(19)21)11-12-26(15)20(28)23-16-5-4-6-17(13-16)27-10-9-22-24-27/h2-10,13,15H,11-12,14H2,1H3,(H,23,28). The van der Waals surface area contributed by atoms with Crippen molar-refractivity contribution in [3.8, 4) is 5.69 Å². The van der Waals surface area contributed by atoms with E-state index in [9.17, 15) is 9.18 Å². The number of nitrogens with one attached hydrogen (secondary N) is 1. The predicted molar refractivity (Wildman–Crippen MR) is 105 cm³/mol. The summed E-state index contributed by atoms with van der Waals surface area (Å²) >= 11 is 0. The van der Waals surface area contributed by atoms with Gasteiger partial charge in [0, 0.05) is 31.4 Å². The van der Waals surface area contributed by atoms with E-state index in [0.29, 0.717) is 31.0 Å². The van der Waals surface area contributed by atoms with Crippen LogP contribution in [-0.4, -0.2) is 51.6 Å². The van der Waals surface area contributed by atoms with Crippen molar-refractivity contribution in [3.63, 3.8) is 0 Å². The molecule has 1 N–H and O–H groups in total. The SMILES string of the molecule is CC1CN(c2ccccc2F)CCN1C(=O)Nc1cccc(-n2ccnn2)c1. The number of rotatable bonds is 3. The number of carbonyl (C=O) groups is 1. The zero-order valence-electron chi connectivity index (χ0n) is 15.5. The second kappa shape index (κ2) is 7.67. The molecular formula is C20H21FN6O. The summed E-state index contributed by atoms with van der Waals surface area (Å²) in [6.45, 7) is 3.65. The average molecular weight is 380 g/mol. The van der Waals surface area contributed by atoms with Gasteiger partial charge in [0.15, 0.2) is 0 Å². The molecule has 28 heavy (non-hydrogen) atoms. The van der Waals surface area contributed by atoms with Crippen molar-refractivity contribution in [2.75, 3.05) is 29.9 Å². The quantitative estimate of drug-likeness (QED) is 0.758. The highest BCUT2D eigenvalue weighted by atomic mass is 19.1. The number of halogens is 1. The van der Waals surface area contributed by atoms with E-state index in [1.54, 1.807) is 34.1 Å². The molecule has 2 aromatic carbocycles. The first-order valence-corrected chi connectivity index (χ1v) is 9.15. The molecule has 0 spiro atoms. The number of para-hydroxylation sites is 1. The number of benzene rings is 2. The van der Waals surface area contributed by atoms with Crippen LogP contribution in [0, 0.1) is 5.82 Å². The Morgan fingerprint density at radius 2 is 2.04 bits per heavy atom. The molecule has 0 bridgehead atoms. The molecule has 8 heteroatoms. The summed E-state index contributed by atoms with van der Waals surface area (Å²) in [5.74, 6) is -0.238. The Bertz CT molecular complexity index is 961. The van der Waals surface area contributed by atoms with Crippen molar-refractivity contribution >= 4 is 17.4 Å². The number of hydrogen-bond donors (Lipinski definition) is 1. The van der Waals surface area contributed by atoms with E-state index in [4.69, 9.17) is 0 Å². The van der Waals surface area contributed by atoms with E-state index in [1.165, 1.54) is 6.07 Å². The molecule has 0 radical (unpaired) electrons. The van der Waals surface area contributed by atoms with E-state index in [0.717, 1.165) is 5.69 Å². The molecule has 1 aliphatic rings. The van der Waals surface area contributed by atoms with E-state index in [2.05, 4.69) is 15.6 Å². The third kappa shape index (κ3) is 3.66. The Balaban J connectivity index is 1.42. The van der Waals surface area contributed by atoms with Crippen molar-refractivity contribution in [1.29, 1.82) is 0 Å². The lowest BCUT2D eigenvalue weighted by Crippen LogP contribution is -2.55. The van der Waals surface area contributed by atoms with Crippen LogP contribution in [0.5, 0.6) is 0 Å². The van der Waals surface area contributed by atoms with Gasteiger partial charge in [-0.05, 0) is 37.3 Å². The van der Waals surface area contributed by atoms with Crippen molar-refractivity contribution < 1.29 is 9.18 Å². The molecule has 1 aliphatic heterocycles. The van der Waals surface area contributed by atoms with Gasteiger partial charge in [0.2, 0.25) is 0 Å². The molecule has 2 heterocycles. The van der Waals surface area contributed by atoms with Crippen LogP contribution in [0.3, 0.4) is 0 Å². The minimum Gasteiger partial charge on any atom is -0.365 e. The van der Waals surface area contributed by atoms with Crippen LogP contribution in [0.4, 0.5) is 20.6 Å². The molecule has 2 amide bonds. The number of urea groups is 1. The summed E-state index contributed by atoms with van der Waals surface area (Å²) in [5.41, 5.74) is 2.07. The number of aromatic nitrogens is 3. The maximum atomic E-state index is 14.1. The van der Waals surface area contributed by atoms with Gasteiger partial charge in [0.25, 0.3) is 0 Å². The number of hydrogen-bond acceptors (Lipinski definition) is 4. The van der Waals surface area contributed by atoms with Gasteiger partial charge < -0.3 is 15.1 Å². The van der Waals surface area contributed by atoms with E-state index < -0.39 is 0 Å². The Morgan fingerprint density at radius 3 is 2.79 bits per heavy atom. The Kier molecular flexibility index (Phi) is 4.92. The Morgan fingerprint density at radius 1 is 1.18 bits per heavy atom. The van der Waals surface area contributed by atoms with Crippen LogP contribution in [-0.2, 0) is 0 Å². The third-order valence-electron chi connectivity index (χ3n) is 4.87. The molecule has 1 atom stereocenters. The van der Waals surface area contributed by atoms with Crippen molar-refractivity contribution in [2.24, 2.45) is 0 Å². The van der Waals surface area contributed by atoms with Gasteiger partial charge in [0.05, 0.1) is 23.8 Å². The lowest BCUT2D eigenvalue weighted by molar-refractivity contribution is 0.184. The fraction of sp³-hybridized carbons (Fsp3) is 0.250. The molecule has 1 fully saturated rings. The average Bonchev–Trinajstić information content (AvgIpc) is 3.23. The fourth-order valence-electron chi connectivity index (χ4n) is 3.45. The van der Waals surface area contributed by atoms with E-state index in [1.807, 2.05) is 42.2 Å². The van der Waals surface area contributed by atoms with Crippen molar-refractivity contribution in [3.05, 3.63) is 66.7 Å². The maximum Gasteiger partial charge on any atom is 0.322 e. The van der Waals surface area contributed by atoms with Crippen LogP contribution < -0.4 is 10.2 Å². The summed E-state index contributed by atoms with van der Waals surface area (Å²) in [6, 6.07) is 13.9. The van der Waals surface area contributed by atoms with Gasteiger partial charge in [-0.1, -0.05) is 23.4 Å². The molecule has 4 rings (SSSR count). The van der Waals surface area contributed by atoms with Gasteiger partial charge in [-0.15, -0.1) is 5.10 Å². The largest absolute Gasteiger partial charge is 0.365 e. The Hall–Kier alpha value is -3.42. The van der Waals surface area contributed by atoms with Gasteiger partial charge in [-0.25, -0.2) is 13.9 Å². The lowest BCUT2D eigenvalue weighted by Gasteiger charge is -2.40. The smallest absolute Gasteiger partial charge is 0.322 e. The highest BCUT2D eigenvalue weighted by molar-refractivity contribution is 5.90. The molecule has 1 unspecified atom stereocenters. The maximum absolute atomic E-state index is 14.1. The normalized spacial score (nSPS) is 16.9. The zero-order valence-corrected chi connectivity index (χ0v) is 15.5. The first kappa shape index (κ1) is 18.0. The zero-order chi connectivity index (χ0) is 19.5. The number of amides is 2. The Labute approximate surface area is 162 Å². The summed E-state index contributed by atoms with van der Waals surface area (Å²) in [5, 5.41) is 10.7. The third-order valence-corrected chi connectivity index (χ3v) is 4.87. The summed E-state index contributed by atoms with van der Waals surface area (Å²) in [6.07, 6.45) is 3.34. The second-order valence-corrected chi connectivity index (χ2v) is 6.77. The molecule has 144 valence electrons. The molecule has 1 aromatic heterocycles. The van der Waals surface area contributed by atoms with Crippen molar-refractivity contribution in [2.45, 2.75) is 13.0 Å². The molecule has 0 saturated carbocycles. The van der Waals surface area contributed by atoms with Gasteiger partial charge >= 0.3 is 6.03 Å². The molecule has 1 saturated heterocycles. The molecule has 3 aromatic rings. The fourth-order valence-corrected chi connectivity index (χ4v) is 3.45. The van der Waals surface area contributed by atoms with Crippen LogP contribution in [0.25, 0.3) is 5.69 Å². The minimum atomic E-state index is -0.238. The van der Waals surface area contributed by atoms with Gasteiger partial charge in [-0.3, -0.25) is 0 Å². The highest BCUT2D eigenvalue weighted by Crippen LogP contribution is 2.23.